The van der Waals surface area contributed by atoms with Crippen molar-refractivity contribution in [2.75, 3.05) is 6.61 Å². The molecule has 0 aliphatic heterocycles. The first-order valence-electron chi connectivity index (χ1n) is 23.4. The van der Waals surface area contributed by atoms with Crippen LogP contribution in [0.25, 0.3) is 0 Å². The molecule has 6 heteroatoms. The van der Waals surface area contributed by atoms with E-state index in [-0.39, 0.29) is 0 Å². The Morgan fingerprint density at radius 1 is 0.444 bits per heavy atom. The zero-order valence-corrected chi connectivity index (χ0v) is 35.7. The van der Waals surface area contributed by atoms with E-state index in [1.165, 1.54) is 148 Å². The quantitative estimate of drug-likeness (QED) is 0.0314. The first-order valence-corrected chi connectivity index (χ1v) is 23.4. The van der Waals surface area contributed by atoms with Crippen LogP contribution in [0.5, 0.6) is 0 Å². The number of allylic oxidation sites excluding steroid dienone is 6. The molecule has 0 radical (unpaired) electrons. The molecule has 0 saturated heterocycles. The van der Waals surface area contributed by atoms with E-state index in [4.69, 9.17) is 0 Å². The van der Waals surface area contributed by atoms with Crippen molar-refractivity contribution in [3.8, 4) is 0 Å². The van der Waals surface area contributed by atoms with Gasteiger partial charge < -0.3 is 25.7 Å². The molecule has 0 aromatic rings. The first kappa shape index (κ1) is 52.5. The third-order valence-electron chi connectivity index (χ3n) is 10.8. The van der Waals surface area contributed by atoms with Crippen LogP contribution >= 0.6 is 0 Å². The fraction of sp³-hybridized carbons (Fsp3) is 0.854. The lowest BCUT2D eigenvalue weighted by atomic mass is 10.00. The summed E-state index contributed by atoms with van der Waals surface area (Å²) in [6.45, 7) is 4.04. The van der Waals surface area contributed by atoms with Gasteiger partial charge in [0.1, 0.15) is 12.2 Å². The van der Waals surface area contributed by atoms with E-state index in [1.54, 1.807) is 0 Å². The van der Waals surface area contributed by atoms with Crippen molar-refractivity contribution < 1.29 is 25.2 Å². The number of rotatable bonds is 42. The first-order chi connectivity index (χ1) is 26.5. The molecule has 0 bridgehead atoms. The molecule has 0 fully saturated rings. The highest BCUT2D eigenvalue weighted by molar-refractivity contribution is 5.80. The third kappa shape index (κ3) is 36.2. The second-order valence-electron chi connectivity index (χ2n) is 16.1. The summed E-state index contributed by atoms with van der Waals surface area (Å²) >= 11 is 0. The van der Waals surface area contributed by atoms with Gasteiger partial charge in [0, 0.05) is 0 Å². The van der Waals surface area contributed by atoms with E-state index >= 15 is 0 Å². The van der Waals surface area contributed by atoms with E-state index in [9.17, 15) is 25.2 Å². The fourth-order valence-electron chi connectivity index (χ4n) is 7.06. The summed E-state index contributed by atoms with van der Waals surface area (Å²) < 4.78 is 0. The van der Waals surface area contributed by atoms with Gasteiger partial charge in [0.2, 0.25) is 5.91 Å². The van der Waals surface area contributed by atoms with Gasteiger partial charge in [0.15, 0.2) is 0 Å². The van der Waals surface area contributed by atoms with E-state index in [0.717, 1.165) is 51.4 Å². The Balaban J connectivity index is 3.80. The zero-order chi connectivity index (χ0) is 39.6. The van der Waals surface area contributed by atoms with Crippen LogP contribution in [0.3, 0.4) is 0 Å². The van der Waals surface area contributed by atoms with Gasteiger partial charge in [-0.2, -0.15) is 0 Å². The van der Waals surface area contributed by atoms with Crippen LogP contribution in [0.2, 0.25) is 0 Å². The second-order valence-corrected chi connectivity index (χ2v) is 16.1. The molecule has 0 aliphatic rings. The van der Waals surface area contributed by atoms with Gasteiger partial charge in [0.25, 0.3) is 0 Å². The van der Waals surface area contributed by atoms with Crippen LogP contribution in [0.15, 0.2) is 36.5 Å². The molecule has 4 atom stereocenters. The van der Waals surface area contributed by atoms with Gasteiger partial charge >= 0.3 is 0 Å². The van der Waals surface area contributed by atoms with E-state index in [0.29, 0.717) is 19.3 Å². The number of hydrogen-bond donors (Lipinski definition) is 5. The summed E-state index contributed by atoms with van der Waals surface area (Å²) in [7, 11) is 0. The Kier molecular flexibility index (Phi) is 41.5. The standard InChI is InChI=1S/C48H91NO5/c1-3-5-7-9-11-13-15-17-19-21-23-24-26-27-29-31-33-35-37-39-41-45(51)47(53)44(43-50)49-48(54)46(52)42-40-38-36-34-32-30-28-25-22-20-18-16-14-12-10-8-6-4-2/h22,25-27,33,35,44-47,50-53H,3-21,23-24,28-32,34,36-43H2,1-2H3,(H,49,54)/b25-22-,27-26+,35-33+. The highest BCUT2D eigenvalue weighted by atomic mass is 16.3. The molecule has 1 amide bonds. The summed E-state index contributed by atoms with van der Waals surface area (Å²) in [4.78, 5) is 12.5. The number of hydrogen-bond acceptors (Lipinski definition) is 5. The molecule has 0 aliphatic carbocycles. The molecule has 54 heavy (non-hydrogen) atoms. The normalized spacial score (nSPS) is 14.4. The third-order valence-corrected chi connectivity index (χ3v) is 10.8. The van der Waals surface area contributed by atoms with Crippen LogP contribution in [-0.2, 0) is 4.79 Å². The summed E-state index contributed by atoms with van der Waals surface area (Å²) in [6, 6.07) is -1.01. The maximum Gasteiger partial charge on any atom is 0.249 e. The molecule has 0 aromatic heterocycles. The Morgan fingerprint density at radius 3 is 1.17 bits per heavy atom. The van der Waals surface area contributed by atoms with Gasteiger partial charge in [-0.3, -0.25) is 4.79 Å². The summed E-state index contributed by atoms with van der Waals surface area (Å²) in [6.07, 6.45) is 50.4. The minimum atomic E-state index is -1.29. The highest BCUT2D eigenvalue weighted by Gasteiger charge is 2.28. The summed E-state index contributed by atoms with van der Waals surface area (Å²) in [5.74, 6) is -0.602. The number of carbonyl (C=O) groups is 1. The van der Waals surface area contributed by atoms with Gasteiger partial charge in [-0.1, -0.05) is 192 Å². The smallest absolute Gasteiger partial charge is 0.249 e. The predicted molar refractivity (Wildman–Crippen MR) is 233 cm³/mol. The Labute approximate surface area is 335 Å². The molecular formula is C48H91NO5. The van der Waals surface area contributed by atoms with E-state index < -0.39 is 36.9 Å². The average Bonchev–Trinajstić information content (AvgIpc) is 3.18. The Morgan fingerprint density at radius 2 is 0.778 bits per heavy atom. The van der Waals surface area contributed by atoms with Crippen LogP contribution < -0.4 is 5.32 Å². The maximum absolute atomic E-state index is 12.5. The predicted octanol–water partition coefficient (Wildman–Crippen LogP) is 12.5. The lowest BCUT2D eigenvalue weighted by Gasteiger charge is -2.27. The molecular weight excluding hydrogens is 671 g/mol. The highest BCUT2D eigenvalue weighted by Crippen LogP contribution is 2.15. The topological polar surface area (TPSA) is 110 Å². The maximum atomic E-state index is 12.5. The lowest BCUT2D eigenvalue weighted by Crippen LogP contribution is -2.53. The minimum absolute atomic E-state index is 0.353. The zero-order valence-electron chi connectivity index (χ0n) is 35.7. The Hall–Kier alpha value is -1.47. The molecule has 318 valence electrons. The van der Waals surface area contributed by atoms with Crippen molar-refractivity contribution in [3.63, 3.8) is 0 Å². The molecule has 6 nitrogen and oxygen atoms in total. The molecule has 0 rings (SSSR count). The summed E-state index contributed by atoms with van der Waals surface area (Å²) in [5.41, 5.74) is 0. The number of aliphatic hydroxyl groups excluding tert-OH is 4. The van der Waals surface area contributed by atoms with Gasteiger partial charge in [-0.25, -0.2) is 0 Å². The number of carbonyl (C=O) groups excluding carboxylic acids is 1. The van der Waals surface area contributed by atoms with Crippen molar-refractivity contribution in [2.24, 2.45) is 0 Å². The van der Waals surface area contributed by atoms with Gasteiger partial charge in [-0.15, -0.1) is 0 Å². The van der Waals surface area contributed by atoms with Crippen LogP contribution in [0, 0.1) is 0 Å². The monoisotopic (exact) mass is 762 g/mol. The van der Waals surface area contributed by atoms with Crippen LogP contribution in [0.4, 0.5) is 0 Å². The van der Waals surface area contributed by atoms with E-state index in [2.05, 4.69) is 55.6 Å². The molecule has 5 N–H and O–H groups in total. The SMILES string of the molecule is CCCCCCCCCC/C=C\CCCCCCCCC(O)C(=O)NC(CO)C(O)C(O)CCC/C=C/CC/C=C/CCCCCCCCCCCCC. The van der Waals surface area contributed by atoms with Gasteiger partial charge in [0.05, 0.1) is 18.8 Å². The largest absolute Gasteiger partial charge is 0.394 e. The van der Waals surface area contributed by atoms with Crippen molar-refractivity contribution in [2.45, 2.75) is 257 Å². The van der Waals surface area contributed by atoms with Crippen LogP contribution in [-0.4, -0.2) is 57.3 Å². The molecule has 0 aromatic carbocycles. The van der Waals surface area contributed by atoms with Crippen molar-refractivity contribution in [1.29, 1.82) is 0 Å². The van der Waals surface area contributed by atoms with E-state index in [1.807, 2.05) is 0 Å². The molecule has 0 heterocycles. The van der Waals surface area contributed by atoms with Crippen LogP contribution in [0.1, 0.15) is 232 Å². The number of amides is 1. The van der Waals surface area contributed by atoms with Gasteiger partial charge in [-0.05, 0) is 77.0 Å². The minimum Gasteiger partial charge on any atom is -0.394 e. The van der Waals surface area contributed by atoms with Crippen molar-refractivity contribution in [3.05, 3.63) is 36.5 Å². The van der Waals surface area contributed by atoms with Crippen molar-refractivity contribution in [1.82, 2.24) is 5.32 Å². The van der Waals surface area contributed by atoms with Crippen molar-refractivity contribution >= 4 is 5.91 Å². The molecule has 0 saturated carbocycles. The Bertz CT molecular complexity index is 858. The fourth-order valence-corrected chi connectivity index (χ4v) is 7.06. The second kappa shape index (κ2) is 42.7. The lowest BCUT2D eigenvalue weighted by molar-refractivity contribution is -0.132. The average molecular weight is 762 g/mol. The molecule has 0 spiro atoms. The number of unbranched alkanes of at least 4 members (excludes halogenated alkanes) is 27. The molecule has 4 unspecified atom stereocenters. The number of aliphatic hydroxyl groups is 4. The number of nitrogens with one attached hydrogen (secondary N) is 1. The summed E-state index contributed by atoms with van der Waals surface area (Å²) in [5, 5.41) is 43.7.